The molecule has 0 aliphatic heterocycles. The van der Waals surface area contributed by atoms with E-state index in [1.54, 1.807) is 0 Å². The van der Waals surface area contributed by atoms with Crippen molar-refractivity contribution in [3.8, 4) is 0 Å². The topological polar surface area (TPSA) is 231 Å². The zero-order valence-electron chi connectivity index (χ0n) is 64.7. The molecule has 0 radical (unpaired) electrons. The van der Waals surface area contributed by atoms with Gasteiger partial charge in [0.05, 0.1) is 26.4 Å². The van der Waals surface area contributed by atoms with Crippen molar-refractivity contribution >= 4 is 33.6 Å². The average Bonchev–Trinajstić information content (AvgIpc) is 0.923. The molecular weight excluding hydrogens is 1340 g/mol. The first-order valence-corrected chi connectivity index (χ1v) is 43.5. The minimum Gasteiger partial charge on any atom is -0.463 e. The van der Waals surface area contributed by atoms with Crippen molar-refractivity contribution < 1.29 is 75.8 Å². The van der Waals surface area contributed by atoms with Crippen molar-refractivity contribution in [2.24, 2.45) is 0 Å². The van der Waals surface area contributed by atoms with Crippen molar-refractivity contribution in [1.82, 2.24) is 0 Å². The summed E-state index contributed by atoms with van der Waals surface area (Å²) in [4.78, 5) is 58.6. The number of carbonyl (C=O) groups excluding carboxylic acids is 3. The van der Waals surface area contributed by atoms with Crippen molar-refractivity contribution in [1.29, 1.82) is 0 Å². The van der Waals surface area contributed by atoms with Gasteiger partial charge in [-0.1, -0.05) is 309 Å². The molecule has 0 saturated carbocycles. The minimum absolute atomic E-state index is 0.0850. The Balaban J connectivity index is 4.50. The van der Waals surface area contributed by atoms with Crippen LogP contribution in [0.1, 0.15) is 329 Å². The van der Waals surface area contributed by atoms with E-state index < -0.39 is 91.5 Å². The van der Waals surface area contributed by atoms with Gasteiger partial charge in [-0.2, -0.15) is 0 Å². The second-order valence-electron chi connectivity index (χ2n) is 26.8. The molecule has 0 fully saturated rings. The molecule has 0 amide bonds. The fourth-order valence-electron chi connectivity index (χ4n) is 10.7. The lowest BCUT2D eigenvalue weighted by atomic mass is 10.0. The Morgan fingerprint density at radius 2 is 0.534 bits per heavy atom. The maximum absolute atomic E-state index is 12.9. The Labute approximate surface area is 626 Å². The standard InChI is InChI=1S/C85H146O16P2/c1-4-7-10-13-16-19-22-25-27-29-31-33-35-37-38-39-40-42-44-45-47-49-51-54-56-59-62-65-68-71-83(88)95-74-80(86)75-97-102(91,92)98-76-81(87)77-99-103(93,94)100-79-82(101-85(90)73-70-67-64-61-58-53-24-21-18-15-12-9-6-3)78-96-84(89)72-69-66-63-60-57-55-52-50-48-46-43-41-36-34-32-30-28-26-23-20-17-14-11-8-5-2/h7,10,12,15-17,19-21,24-28,31-34,37-38,41,43,80-82,86-87H,4-6,8-9,11,13-14,18,22-23,29-30,35-36,39-40,42,44-79H2,1-3H3,(H,91,92)(H,93,94)/b10-7-,15-12-,19-16-,20-17-,24-21-,27-25-,28-26-,33-31-,34-32-,38-37-,43-41-. The Morgan fingerprint density at radius 3 is 0.854 bits per heavy atom. The quantitative estimate of drug-likeness (QED) is 0.0146. The van der Waals surface area contributed by atoms with Crippen LogP contribution in [0.2, 0.25) is 0 Å². The minimum atomic E-state index is -4.94. The van der Waals surface area contributed by atoms with Crippen LogP contribution >= 0.6 is 15.6 Å². The van der Waals surface area contributed by atoms with Crippen LogP contribution < -0.4 is 0 Å². The third-order valence-electron chi connectivity index (χ3n) is 16.8. The first-order chi connectivity index (χ1) is 50.2. The predicted molar refractivity (Wildman–Crippen MR) is 426 cm³/mol. The zero-order chi connectivity index (χ0) is 75.2. The number of phosphoric ester groups is 2. The van der Waals surface area contributed by atoms with E-state index in [1.165, 1.54) is 109 Å². The summed E-state index contributed by atoms with van der Waals surface area (Å²) >= 11 is 0. The van der Waals surface area contributed by atoms with Crippen LogP contribution in [0, 0.1) is 0 Å². The van der Waals surface area contributed by atoms with E-state index >= 15 is 0 Å². The summed E-state index contributed by atoms with van der Waals surface area (Å²) < 4.78 is 61.1. The molecule has 0 bridgehead atoms. The third-order valence-corrected chi connectivity index (χ3v) is 18.7. The van der Waals surface area contributed by atoms with Gasteiger partial charge < -0.3 is 34.2 Å². The molecule has 0 aliphatic rings. The number of aliphatic hydroxyl groups is 2. The van der Waals surface area contributed by atoms with E-state index in [9.17, 15) is 43.5 Å². The van der Waals surface area contributed by atoms with Crippen LogP contribution in [0.3, 0.4) is 0 Å². The van der Waals surface area contributed by atoms with Crippen molar-refractivity contribution in [3.63, 3.8) is 0 Å². The van der Waals surface area contributed by atoms with Gasteiger partial charge in [0.15, 0.2) is 6.10 Å². The summed E-state index contributed by atoms with van der Waals surface area (Å²) in [6, 6.07) is 0. The van der Waals surface area contributed by atoms with Crippen LogP contribution in [0.5, 0.6) is 0 Å². The summed E-state index contributed by atoms with van der Waals surface area (Å²) in [6.07, 6.45) is 93.6. The number of hydrogen-bond acceptors (Lipinski definition) is 14. The molecule has 0 spiro atoms. The number of rotatable bonds is 76. The number of allylic oxidation sites excluding steroid dienone is 22. The first kappa shape index (κ1) is 98.7. The number of ether oxygens (including phenoxy) is 3. The lowest BCUT2D eigenvalue weighted by Crippen LogP contribution is -2.30. The molecule has 0 aliphatic carbocycles. The molecule has 0 heterocycles. The fourth-order valence-corrected chi connectivity index (χ4v) is 12.3. The van der Waals surface area contributed by atoms with Gasteiger partial charge in [0.1, 0.15) is 25.4 Å². The zero-order valence-corrected chi connectivity index (χ0v) is 66.5. The lowest BCUT2D eigenvalue weighted by Gasteiger charge is -2.21. The molecule has 0 aromatic rings. The maximum atomic E-state index is 12.9. The first-order valence-electron chi connectivity index (χ1n) is 40.5. The van der Waals surface area contributed by atoms with Crippen molar-refractivity contribution in [2.45, 2.75) is 347 Å². The highest BCUT2D eigenvalue weighted by atomic mass is 31.2. The Hall–Kier alpha value is -4.31. The van der Waals surface area contributed by atoms with Crippen molar-refractivity contribution in [2.75, 3.05) is 39.6 Å². The van der Waals surface area contributed by atoms with Crippen LogP contribution in [0.4, 0.5) is 0 Å². The SMILES string of the molecule is CC/C=C\C/C=C\C/C=C\C/C=C\C/C=C\CCCCCCCCCCCCCCCC(=O)OCC(O)COP(=O)(O)OCC(O)COP(=O)(O)OCC(COC(=O)CCCCCCCCCCC/C=C\C/C=C\C/C=C\C/C=C\CCCCC)OC(=O)CCCCCCC/C=C\C/C=C\CCC. The molecule has 0 aromatic heterocycles. The number of aliphatic hydroxyl groups excluding tert-OH is 2. The Kier molecular flexibility index (Phi) is 74.1. The molecule has 5 unspecified atom stereocenters. The van der Waals surface area contributed by atoms with Gasteiger partial charge in [0.2, 0.25) is 0 Å². The van der Waals surface area contributed by atoms with E-state index in [0.717, 1.165) is 161 Å². The Morgan fingerprint density at radius 1 is 0.282 bits per heavy atom. The number of esters is 3. The van der Waals surface area contributed by atoms with Crippen LogP contribution in [-0.2, 0) is 55.8 Å². The van der Waals surface area contributed by atoms with E-state index in [1.807, 2.05) is 0 Å². The second kappa shape index (κ2) is 77.3. The van der Waals surface area contributed by atoms with Crippen LogP contribution in [0.25, 0.3) is 0 Å². The smallest absolute Gasteiger partial charge is 0.463 e. The van der Waals surface area contributed by atoms with Gasteiger partial charge in [-0.25, -0.2) is 9.13 Å². The molecule has 0 saturated heterocycles. The fraction of sp³-hybridized carbons (Fsp3) is 0.706. The number of phosphoric acid groups is 2. The summed E-state index contributed by atoms with van der Waals surface area (Å²) in [6.45, 7) is 2.46. The average molecular weight is 1490 g/mol. The Bertz CT molecular complexity index is 2410. The van der Waals surface area contributed by atoms with Crippen molar-refractivity contribution in [3.05, 3.63) is 134 Å². The highest BCUT2D eigenvalue weighted by molar-refractivity contribution is 7.47. The molecule has 18 heteroatoms. The highest BCUT2D eigenvalue weighted by Gasteiger charge is 2.29. The van der Waals surface area contributed by atoms with Gasteiger partial charge >= 0.3 is 33.6 Å². The van der Waals surface area contributed by atoms with E-state index in [2.05, 4.69) is 154 Å². The monoisotopic (exact) mass is 1490 g/mol. The molecular formula is C85H146O16P2. The van der Waals surface area contributed by atoms with Gasteiger partial charge in [0.25, 0.3) is 0 Å². The van der Waals surface area contributed by atoms with E-state index in [0.29, 0.717) is 19.3 Å². The molecule has 0 aromatic carbocycles. The van der Waals surface area contributed by atoms with Crippen LogP contribution in [-0.4, -0.2) is 95.9 Å². The number of unbranched alkanes of at least 4 members (excludes halogenated alkanes) is 31. The van der Waals surface area contributed by atoms with E-state index in [4.69, 9.17) is 32.3 Å². The third kappa shape index (κ3) is 78.6. The largest absolute Gasteiger partial charge is 0.472 e. The summed E-state index contributed by atoms with van der Waals surface area (Å²) in [5.41, 5.74) is 0. The van der Waals surface area contributed by atoms with E-state index in [-0.39, 0.29) is 19.3 Å². The highest BCUT2D eigenvalue weighted by Crippen LogP contribution is 2.45. The summed E-state index contributed by atoms with van der Waals surface area (Å²) in [5.74, 6) is -1.60. The number of carbonyl (C=O) groups is 3. The summed E-state index contributed by atoms with van der Waals surface area (Å²) in [5, 5.41) is 20.6. The molecule has 592 valence electrons. The molecule has 0 rings (SSSR count). The number of hydrogen-bond donors (Lipinski definition) is 4. The van der Waals surface area contributed by atoms with Gasteiger partial charge in [-0.05, 0) is 135 Å². The molecule has 103 heavy (non-hydrogen) atoms. The maximum Gasteiger partial charge on any atom is 0.472 e. The van der Waals surface area contributed by atoms with Gasteiger partial charge in [-0.3, -0.25) is 32.5 Å². The molecule has 5 atom stereocenters. The predicted octanol–water partition coefficient (Wildman–Crippen LogP) is 23.9. The summed E-state index contributed by atoms with van der Waals surface area (Å²) in [7, 11) is -9.80. The normalized spacial score (nSPS) is 14.7. The van der Waals surface area contributed by atoms with Gasteiger partial charge in [0, 0.05) is 19.3 Å². The second-order valence-corrected chi connectivity index (χ2v) is 29.7. The van der Waals surface area contributed by atoms with Gasteiger partial charge in [-0.15, -0.1) is 0 Å². The lowest BCUT2D eigenvalue weighted by molar-refractivity contribution is -0.161. The van der Waals surface area contributed by atoms with Crippen LogP contribution in [0.15, 0.2) is 134 Å². The molecule has 16 nitrogen and oxygen atoms in total. The molecule has 4 N–H and O–H groups in total.